The molecule has 0 aliphatic heterocycles. The largest absolute Gasteiger partial charge is 0.304 e. The Bertz CT molecular complexity index is 1700. The van der Waals surface area contributed by atoms with Crippen molar-refractivity contribution in [1.29, 1.82) is 0 Å². The Morgan fingerprint density at radius 2 is 1.64 bits per heavy atom. The van der Waals surface area contributed by atoms with Gasteiger partial charge in [-0.05, 0) is 75.7 Å². The van der Waals surface area contributed by atoms with E-state index in [0.29, 0.717) is 17.0 Å². The molecule has 6 rings (SSSR count). The smallest absolute Gasteiger partial charge is 0.270 e. The van der Waals surface area contributed by atoms with Crippen molar-refractivity contribution in [1.82, 2.24) is 20.6 Å². The predicted molar refractivity (Wildman–Crippen MR) is 165 cm³/mol. The molecule has 210 valence electrons. The first-order valence-electron chi connectivity index (χ1n) is 14.4. The Balaban J connectivity index is 1.31. The van der Waals surface area contributed by atoms with E-state index in [2.05, 4.69) is 56.3 Å². The fourth-order valence-corrected chi connectivity index (χ4v) is 5.74. The molecule has 2 amide bonds. The van der Waals surface area contributed by atoms with Gasteiger partial charge in [0.1, 0.15) is 0 Å². The van der Waals surface area contributed by atoms with Crippen molar-refractivity contribution in [3.05, 3.63) is 119 Å². The average Bonchev–Trinajstić information content (AvgIpc) is 3.56. The summed E-state index contributed by atoms with van der Waals surface area (Å²) >= 11 is 0. The topological polar surface area (TPSA) is 104 Å². The summed E-state index contributed by atoms with van der Waals surface area (Å²) in [6, 6.07) is 29.8. The average molecular weight is 557 g/mol. The number of benzene rings is 4. The number of nitrogens with zero attached hydrogens (tertiary/aromatic N) is 4. The molecule has 0 bridgehead atoms. The molecule has 1 fully saturated rings. The second-order valence-corrected chi connectivity index (χ2v) is 10.6. The van der Waals surface area contributed by atoms with Crippen molar-refractivity contribution in [3.63, 3.8) is 0 Å². The van der Waals surface area contributed by atoms with E-state index in [1.807, 2.05) is 54.6 Å². The number of amides is 2. The van der Waals surface area contributed by atoms with Gasteiger partial charge >= 0.3 is 0 Å². The van der Waals surface area contributed by atoms with Gasteiger partial charge < -0.3 is 4.90 Å². The molecule has 0 radical (unpaired) electrons. The normalized spacial score (nSPS) is 13.8. The van der Waals surface area contributed by atoms with Crippen molar-refractivity contribution in [3.8, 4) is 0 Å². The Morgan fingerprint density at radius 3 is 2.45 bits per heavy atom. The molecule has 0 unspecified atom stereocenters. The van der Waals surface area contributed by atoms with E-state index in [-0.39, 0.29) is 24.3 Å². The third-order valence-electron chi connectivity index (χ3n) is 7.94. The van der Waals surface area contributed by atoms with Crippen LogP contribution in [0.1, 0.15) is 65.1 Å². The van der Waals surface area contributed by atoms with Crippen LogP contribution in [-0.2, 0) is 11.3 Å². The van der Waals surface area contributed by atoms with Gasteiger partial charge in [-0.1, -0.05) is 97.2 Å². The highest BCUT2D eigenvalue weighted by atomic mass is 16.2. The van der Waals surface area contributed by atoms with Crippen LogP contribution in [0.5, 0.6) is 0 Å². The molecule has 5 aromatic rings. The van der Waals surface area contributed by atoms with Gasteiger partial charge in [-0.2, -0.15) is 5.21 Å². The summed E-state index contributed by atoms with van der Waals surface area (Å²) in [7, 11) is 0. The summed E-state index contributed by atoms with van der Waals surface area (Å²) in [6.45, 7) is 0.206. The first-order valence-corrected chi connectivity index (χ1v) is 14.4. The van der Waals surface area contributed by atoms with E-state index >= 15 is 0 Å². The Morgan fingerprint density at radius 1 is 0.881 bits per heavy atom. The number of aromatic amines is 1. The maximum Gasteiger partial charge on any atom is 0.270 e. The molecule has 8 nitrogen and oxygen atoms in total. The van der Waals surface area contributed by atoms with Gasteiger partial charge in [-0.15, -0.1) is 5.10 Å². The summed E-state index contributed by atoms with van der Waals surface area (Å²) in [5.41, 5.74) is 4.18. The minimum Gasteiger partial charge on any atom is -0.304 e. The minimum atomic E-state index is -0.377. The Hall–Kier alpha value is -5.11. The number of tetrazole rings is 1. The van der Waals surface area contributed by atoms with Crippen molar-refractivity contribution in [2.45, 2.75) is 44.6 Å². The quantitative estimate of drug-likeness (QED) is 0.202. The highest BCUT2D eigenvalue weighted by Gasteiger charge is 2.21. The molecule has 1 saturated carbocycles. The van der Waals surface area contributed by atoms with Crippen LogP contribution in [0.25, 0.3) is 16.8 Å². The lowest BCUT2D eigenvalue weighted by Gasteiger charge is -2.25. The lowest BCUT2D eigenvalue weighted by atomic mass is 9.84. The summed E-state index contributed by atoms with van der Waals surface area (Å²) in [5, 5.41) is 18.3. The van der Waals surface area contributed by atoms with Crippen LogP contribution >= 0.6 is 0 Å². The molecular formula is C34H32N6O2. The van der Waals surface area contributed by atoms with Crippen LogP contribution in [0.15, 0.2) is 97.1 Å². The number of anilines is 2. The number of carbonyl (C=O) groups is 2. The van der Waals surface area contributed by atoms with E-state index in [1.165, 1.54) is 37.7 Å². The summed E-state index contributed by atoms with van der Waals surface area (Å²) in [6.07, 6.45) is 9.72. The number of hydrogen-bond acceptors (Lipinski definition) is 5. The van der Waals surface area contributed by atoms with Crippen LogP contribution in [-0.4, -0.2) is 32.4 Å². The molecule has 42 heavy (non-hydrogen) atoms. The lowest BCUT2D eigenvalue weighted by Crippen LogP contribution is -2.30. The van der Waals surface area contributed by atoms with Crippen LogP contribution in [0.2, 0.25) is 0 Å². The monoisotopic (exact) mass is 556 g/mol. The highest BCUT2D eigenvalue weighted by Crippen LogP contribution is 2.34. The van der Waals surface area contributed by atoms with E-state index in [1.54, 1.807) is 23.1 Å². The Kier molecular flexibility index (Phi) is 8.12. The first-order chi connectivity index (χ1) is 20.7. The van der Waals surface area contributed by atoms with Crippen LogP contribution in [0, 0.1) is 0 Å². The third-order valence-corrected chi connectivity index (χ3v) is 7.94. The zero-order chi connectivity index (χ0) is 28.7. The van der Waals surface area contributed by atoms with E-state index in [9.17, 15) is 9.59 Å². The molecular weight excluding hydrogens is 524 g/mol. The fraction of sp³-hybridized carbons (Fsp3) is 0.206. The lowest BCUT2D eigenvalue weighted by molar-refractivity contribution is -0.114. The predicted octanol–water partition coefficient (Wildman–Crippen LogP) is 6.90. The van der Waals surface area contributed by atoms with Gasteiger partial charge in [0.05, 0.1) is 6.54 Å². The molecule has 4 aromatic carbocycles. The zero-order valence-corrected chi connectivity index (χ0v) is 23.2. The SMILES string of the molecule is O=C(Nc1nn[nH]n1)c1ccccc1CN(C(=O)C=Cc1cccc2ccccc12)c1ccc(C2CCCCC2)cc1. The first kappa shape index (κ1) is 27.1. The zero-order valence-electron chi connectivity index (χ0n) is 23.2. The molecule has 0 spiro atoms. The maximum absolute atomic E-state index is 13.9. The number of rotatable bonds is 8. The molecule has 1 aliphatic rings. The van der Waals surface area contributed by atoms with Gasteiger partial charge in [0, 0.05) is 17.3 Å². The number of nitrogens with one attached hydrogen (secondary N) is 2. The van der Waals surface area contributed by atoms with Gasteiger partial charge in [-0.3, -0.25) is 14.9 Å². The maximum atomic E-state index is 13.9. The number of carbonyl (C=O) groups excluding carboxylic acids is 2. The van der Waals surface area contributed by atoms with Crippen LogP contribution in [0.3, 0.4) is 0 Å². The number of hydrogen-bond donors (Lipinski definition) is 2. The standard InChI is InChI=1S/C34H32N6O2/c41-32(22-19-27-14-8-13-26-11-4-6-15-30(26)27)40(29-20-17-25(18-21-29)24-9-2-1-3-10-24)23-28-12-5-7-16-31(28)33(42)35-34-36-38-39-37-34/h4-8,11-22,24H,1-3,9-10,23H2,(H2,35,36,37,38,39,42). The van der Waals surface area contributed by atoms with Gasteiger partial charge in [0.25, 0.3) is 17.8 Å². The molecule has 0 saturated heterocycles. The van der Waals surface area contributed by atoms with Gasteiger partial charge in [0.2, 0.25) is 0 Å². The molecule has 8 heteroatoms. The van der Waals surface area contributed by atoms with E-state index in [0.717, 1.165) is 22.0 Å². The van der Waals surface area contributed by atoms with Crippen molar-refractivity contribution < 1.29 is 9.59 Å². The summed E-state index contributed by atoms with van der Waals surface area (Å²) < 4.78 is 0. The summed E-state index contributed by atoms with van der Waals surface area (Å²) in [4.78, 5) is 28.7. The third kappa shape index (κ3) is 6.12. The fourth-order valence-electron chi connectivity index (χ4n) is 5.74. The second-order valence-electron chi connectivity index (χ2n) is 10.6. The molecule has 0 atom stereocenters. The van der Waals surface area contributed by atoms with Gasteiger partial charge in [0.15, 0.2) is 0 Å². The van der Waals surface area contributed by atoms with E-state index < -0.39 is 0 Å². The summed E-state index contributed by atoms with van der Waals surface area (Å²) in [5.74, 6) is 0.0944. The highest BCUT2D eigenvalue weighted by molar-refractivity contribution is 6.07. The van der Waals surface area contributed by atoms with Crippen molar-refractivity contribution >= 4 is 40.3 Å². The molecule has 1 heterocycles. The van der Waals surface area contributed by atoms with E-state index in [4.69, 9.17) is 0 Å². The van der Waals surface area contributed by atoms with Crippen LogP contribution in [0.4, 0.5) is 11.6 Å². The number of fused-ring (bicyclic) bond motifs is 1. The van der Waals surface area contributed by atoms with Crippen molar-refractivity contribution in [2.24, 2.45) is 0 Å². The second kappa shape index (κ2) is 12.6. The van der Waals surface area contributed by atoms with Gasteiger partial charge in [-0.25, -0.2) is 0 Å². The minimum absolute atomic E-state index is 0.0825. The molecule has 1 aromatic heterocycles. The van der Waals surface area contributed by atoms with Crippen molar-refractivity contribution in [2.75, 3.05) is 10.2 Å². The number of H-pyrrole nitrogens is 1. The molecule has 2 N–H and O–H groups in total. The number of aromatic nitrogens is 4. The Labute approximate surface area is 244 Å². The molecule has 1 aliphatic carbocycles. The van der Waals surface area contributed by atoms with Crippen LogP contribution < -0.4 is 10.2 Å².